The molecular formula is C30H28F8O2. The maximum atomic E-state index is 15.2. The minimum atomic E-state index is -5.35. The molecule has 0 atom stereocenters. The Labute approximate surface area is 226 Å². The van der Waals surface area contributed by atoms with Gasteiger partial charge in [0, 0.05) is 5.56 Å². The van der Waals surface area contributed by atoms with E-state index < -0.39 is 47.0 Å². The highest BCUT2D eigenvalue weighted by Gasteiger charge is 2.39. The Morgan fingerprint density at radius 3 is 2.02 bits per heavy atom. The smallest absolute Gasteiger partial charge is 0.428 e. The molecule has 2 nitrogen and oxygen atoms in total. The zero-order chi connectivity index (χ0) is 29.1. The van der Waals surface area contributed by atoms with Crippen LogP contribution in [0.15, 0.2) is 54.6 Å². The Bertz CT molecular complexity index is 1290. The van der Waals surface area contributed by atoms with Crippen LogP contribution in [0.5, 0.6) is 11.5 Å². The Morgan fingerprint density at radius 1 is 0.775 bits per heavy atom. The molecule has 3 aromatic rings. The molecule has 0 N–H and O–H groups in total. The van der Waals surface area contributed by atoms with Gasteiger partial charge in [-0.1, -0.05) is 50.5 Å². The molecule has 0 bridgehead atoms. The lowest BCUT2D eigenvalue weighted by Gasteiger charge is -2.29. The fraction of sp³-hybridized carbons (Fsp3) is 0.400. The summed E-state index contributed by atoms with van der Waals surface area (Å²) in [5, 5.41) is 0. The first-order valence-electron chi connectivity index (χ1n) is 13.1. The van der Waals surface area contributed by atoms with Crippen molar-refractivity contribution >= 4 is 0 Å². The van der Waals surface area contributed by atoms with E-state index in [-0.39, 0.29) is 17.0 Å². The molecule has 4 rings (SSSR count). The van der Waals surface area contributed by atoms with E-state index in [1.54, 1.807) is 0 Å². The third-order valence-corrected chi connectivity index (χ3v) is 7.24. The summed E-state index contributed by atoms with van der Waals surface area (Å²) in [4.78, 5) is 0. The minimum Gasteiger partial charge on any atom is -0.428 e. The van der Waals surface area contributed by atoms with Gasteiger partial charge < -0.3 is 9.47 Å². The highest BCUT2D eigenvalue weighted by molar-refractivity contribution is 5.71. The maximum absolute atomic E-state index is 15.2. The maximum Gasteiger partial charge on any atom is 0.573 e. The van der Waals surface area contributed by atoms with Crippen LogP contribution in [-0.2, 0) is 6.11 Å². The van der Waals surface area contributed by atoms with Gasteiger partial charge in [-0.05, 0) is 79.0 Å². The van der Waals surface area contributed by atoms with Crippen LogP contribution >= 0.6 is 0 Å². The molecule has 40 heavy (non-hydrogen) atoms. The van der Waals surface area contributed by atoms with Crippen molar-refractivity contribution in [2.75, 3.05) is 0 Å². The van der Waals surface area contributed by atoms with Gasteiger partial charge in [0.25, 0.3) is 0 Å². The van der Waals surface area contributed by atoms with Crippen LogP contribution in [-0.4, -0.2) is 6.36 Å². The molecule has 0 amide bonds. The average molecular weight is 573 g/mol. The van der Waals surface area contributed by atoms with Crippen LogP contribution in [0, 0.1) is 23.4 Å². The summed E-state index contributed by atoms with van der Waals surface area (Å²) < 4.78 is 120. The van der Waals surface area contributed by atoms with Gasteiger partial charge in [-0.15, -0.1) is 13.2 Å². The van der Waals surface area contributed by atoms with Crippen LogP contribution in [0.25, 0.3) is 11.1 Å². The molecule has 10 heteroatoms. The molecule has 1 aliphatic rings. The molecule has 0 aromatic heterocycles. The zero-order valence-corrected chi connectivity index (χ0v) is 21.6. The van der Waals surface area contributed by atoms with E-state index >= 15 is 8.78 Å². The lowest BCUT2D eigenvalue weighted by atomic mass is 9.77. The number of unbranched alkanes of at least 4 members (excludes halogenated alkanes) is 1. The van der Waals surface area contributed by atoms with E-state index in [4.69, 9.17) is 4.74 Å². The number of halogens is 8. The van der Waals surface area contributed by atoms with Gasteiger partial charge in [0.2, 0.25) is 5.75 Å². The van der Waals surface area contributed by atoms with E-state index in [0.29, 0.717) is 23.6 Å². The first-order valence-corrected chi connectivity index (χ1v) is 13.1. The van der Waals surface area contributed by atoms with Crippen molar-refractivity contribution < 1.29 is 44.6 Å². The van der Waals surface area contributed by atoms with E-state index in [9.17, 15) is 26.3 Å². The fourth-order valence-electron chi connectivity index (χ4n) is 5.21. The van der Waals surface area contributed by atoms with Crippen LogP contribution < -0.4 is 9.47 Å². The lowest BCUT2D eigenvalue weighted by Crippen LogP contribution is -2.24. The SMILES string of the molecule is CCCCC1CCC(c2ccc(C(F)(F)Oc3ccccc3-c3cc(F)c(OC(F)(F)F)c(F)c3)c(F)c2)CC1. The predicted molar refractivity (Wildman–Crippen MR) is 134 cm³/mol. The number of benzene rings is 3. The van der Waals surface area contributed by atoms with E-state index in [2.05, 4.69) is 11.7 Å². The van der Waals surface area contributed by atoms with Gasteiger partial charge in [0.05, 0.1) is 5.56 Å². The summed E-state index contributed by atoms with van der Waals surface area (Å²) in [5.41, 5.74) is -1.02. The third-order valence-electron chi connectivity index (χ3n) is 7.24. The van der Waals surface area contributed by atoms with Crippen LogP contribution in [0.2, 0.25) is 0 Å². The summed E-state index contributed by atoms with van der Waals surface area (Å²) >= 11 is 0. The molecule has 0 radical (unpaired) electrons. The highest BCUT2D eigenvalue weighted by Crippen LogP contribution is 2.42. The first-order chi connectivity index (χ1) is 18.9. The number of rotatable bonds is 9. The molecule has 0 spiro atoms. The molecule has 0 saturated heterocycles. The number of hydrogen-bond donors (Lipinski definition) is 0. The Hall–Kier alpha value is -3.30. The summed E-state index contributed by atoms with van der Waals surface area (Å²) in [6, 6.07) is 9.43. The Balaban J connectivity index is 1.54. The van der Waals surface area contributed by atoms with Crippen LogP contribution in [0.4, 0.5) is 35.1 Å². The monoisotopic (exact) mass is 572 g/mol. The quantitative estimate of drug-likeness (QED) is 0.238. The number of hydrogen-bond acceptors (Lipinski definition) is 2. The number of ether oxygens (including phenoxy) is 2. The summed E-state index contributed by atoms with van der Waals surface area (Å²) in [7, 11) is 0. The van der Waals surface area contributed by atoms with Crippen molar-refractivity contribution in [2.45, 2.75) is 70.3 Å². The van der Waals surface area contributed by atoms with E-state index in [0.717, 1.165) is 56.7 Å². The average Bonchev–Trinajstić information content (AvgIpc) is 2.89. The summed E-state index contributed by atoms with van der Waals surface area (Å²) in [5.74, 6) is -6.09. The zero-order valence-electron chi connectivity index (χ0n) is 21.6. The van der Waals surface area contributed by atoms with E-state index in [1.165, 1.54) is 30.7 Å². The lowest BCUT2D eigenvalue weighted by molar-refractivity contribution is -0.276. The standard InChI is InChI=1S/C30H28F8O2/c1-2-3-6-18-9-11-19(12-10-18)20-13-14-23(24(31)15-20)29(34,35)39-27-8-5-4-7-22(27)21-16-25(32)28(26(33)17-21)40-30(36,37)38/h4-5,7-8,13-19H,2-3,6,9-12H2,1H3. The molecule has 1 aliphatic carbocycles. The molecule has 0 aliphatic heterocycles. The van der Waals surface area contributed by atoms with Gasteiger partial charge in [0.15, 0.2) is 11.6 Å². The van der Waals surface area contributed by atoms with Gasteiger partial charge in [0.1, 0.15) is 11.6 Å². The second kappa shape index (κ2) is 12.1. The Morgan fingerprint density at radius 2 is 1.43 bits per heavy atom. The highest BCUT2D eigenvalue weighted by atomic mass is 19.4. The Kier molecular flexibility index (Phi) is 8.95. The molecule has 1 saturated carbocycles. The van der Waals surface area contributed by atoms with Gasteiger partial charge in [-0.3, -0.25) is 0 Å². The van der Waals surface area contributed by atoms with Crippen molar-refractivity contribution in [1.82, 2.24) is 0 Å². The number of alkyl halides is 5. The fourth-order valence-corrected chi connectivity index (χ4v) is 5.21. The molecule has 0 unspecified atom stereocenters. The molecular weight excluding hydrogens is 544 g/mol. The molecule has 1 fully saturated rings. The third kappa shape index (κ3) is 7.06. The molecule has 3 aromatic carbocycles. The van der Waals surface area contributed by atoms with Gasteiger partial charge in [-0.2, -0.15) is 8.78 Å². The number of para-hydroxylation sites is 1. The van der Waals surface area contributed by atoms with Crippen molar-refractivity contribution in [1.29, 1.82) is 0 Å². The minimum absolute atomic E-state index is 0.0748. The molecule has 0 heterocycles. The largest absolute Gasteiger partial charge is 0.573 e. The van der Waals surface area contributed by atoms with Gasteiger partial charge in [-0.25, -0.2) is 13.2 Å². The molecule has 216 valence electrons. The first kappa shape index (κ1) is 29.7. The van der Waals surface area contributed by atoms with Crippen LogP contribution in [0.1, 0.15) is 68.9 Å². The second-order valence-electron chi connectivity index (χ2n) is 10.0. The summed E-state index contributed by atoms with van der Waals surface area (Å²) in [6.45, 7) is 2.14. The summed E-state index contributed by atoms with van der Waals surface area (Å²) in [6.07, 6.45) is -2.34. The van der Waals surface area contributed by atoms with Crippen molar-refractivity contribution in [3.8, 4) is 22.6 Å². The van der Waals surface area contributed by atoms with Crippen molar-refractivity contribution in [3.05, 3.63) is 83.2 Å². The topological polar surface area (TPSA) is 18.5 Å². The normalized spacial score (nSPS) is 18.0. The van der Waals surface area contributed by atoms with E-state index in [1.807, 2.05) is 0 Å². The van der Waals surface area contributed by atoms with Crippen molar-refractivity contribution in [2.24, 2.45) is 5.92 Å². The second-order valence-corrected chi connectivity index (χ2v) is 10.0. The van der Waals surface area contributed by atoms with Crippen molar-refractivity contribution in [3.63, 3.8) is 0 Å². The predicted octanol–water partition coefficient (Wildman–Crippen LogP) is 10.3. The van der Waals surface area contributed by atoms with Crippen LogP contribution in [0.3, 0.4) is 0 Å². The van der Waals surface area contributed by atoms with Gasteiger partial charge >= 0.3 is 12.5 Å².